The van der Waals surface area contributed by atoms with Gasteiger partial charge in [0.1, 0.15) is 11.6 Å². The van der Waals surface area contributed by atoms with Gasteiger partial charge in [0.15, 0.2) is 0 Å². The molecule has 0 radical (unpaired) electrons. The van der Waals surface area contributed by atoms with Crippen molar-refractivity contribution in [1.82, 2.24) is 19.1 Å². The van der Waals surface area contributed by atoms with E-state index in [2.05, 4.69) is 80.0 Å². The van der Waals surface area contributed by atoms with Crippen molar-refractivity contribution in [2.75, 3.05) is 0 Å². The molecule has 0 aliphatic carbocycles. The summed E-state index contributed by atoms with van der Waals surface area (Å²) >= 11 is 0. The fraction of sp³-hybridized carbons (Fsp3) is 0.182. The van der Waals surface area contributed by atoms with Gasteiger partial charge in [-0.3, -0.25) is 0 Å². The van der Waals surface area contributed by atoms with Crippen LogP contribution in [0.25, 0.3) is 22.8 Å². The van der Waals surface area contributed by atoms with Crippen LogP contribution in [0.15, 0.2) is 85.5 Å². The predicted octanol–water partition coefficient (Wildman–Crippen LogP) is 3.24. The molecular weight excluding hydrogens is 352 g/mol. The SMILES string of the molecule is O.O.c1ccc(-c2nccn2CCCCn2ccnc2-c2ccccc2)cc1. The molecule has 0 atom stereocenters. The summed E-state index contributed by atoms with van der Waals surface area (Å²) in [4.78, 5) is 9.03. The Bertz CT molecular complexity index is 869. The van der Waals surface area contributed by atoms with E-state index in [0.717, 1.165) is 37.6 Å². The molecule has 28 heavy (non-hydrogen) atoms. The molecule has 0 bridgehead atoms. The Balaban J connectivity index is 0.00000140. The van der Waals surface area contributed by atoms with E-state index in [1.54, 1.807) is 0 Å². The van der Waals surface area contributed by atoms with E-state index in [1.807, 2.05) is 24.5 Å². The van der Waals surface area contributed by atoms with Gasteiger partial charge in [-0.05, 0) is 12.8 Å². The number of hydrogen-bond donors (Lipinski definition) is 0. The third kappa shape index (κ3) is 4.73. The summed E-state index contributed by atoms with van der Waals surface area (Å²) in [5.41, 5.74) is 2.33. The minimum absolute atomic E-state index is 0. The molecule has 2 aromatic heterocycles. The van der Waals surface area contributed by atoms with Crippen molar-refractivity contribution in [3.05, 3.63) is 85.5 Å². The van der Waals surface area contributed by atoms with E-state index in [0.29, 0.717) is 0 Å². The summed E-state index contributed by atoms with van der Waals surface area (Å²) in [5, 5.41) is 0. The zero-order valence-electron chi connectivity index (χ0n) is 15.7. The van der Waals surface area contributed by atoms with Gasteiger partial charge in [0.05, 0.1) is 0 Å². The smallest absolute Gasteiger partial charge is 0.139 e. The number of hydrogen-bond acceptors (Lipinski definition) is 2. The first-order chi connectivity index (χ1) is 12.9. The van der Waals surface area contributed by atoms with Gasteiger partial charge >= 0.3 is 0 Å². The van der Waals surface area contributed by atoms with Gasteiger partial charge in [-0.25, -0.2) is 9.97 Å². The Morgan fingerprint density at radius 1 is 0.571 bits per heavy atom. The molecule has 2 aromatic carbocycles. The zero-order valence-corrected chi connectivity index (χ0v) is 15.7. The van der Waals surface area contributed by atoms with Crippen LogP contribution in [0.1, 0.15) is 12.8 Å². The fourth-order valence-corrected chi connectivity index (χ4v) is 3.24. The average molecular weight is 378 g/mol. The lowest BCUT2D eigenvalue weighted by Crippen LogP contribution is -2.03. The molecule has 4 aromatic rings. The number of aromatic nitrogens is 4. The second-order valence-electron chi connectivity index (χ2n) is 6.33. The van der Waals surface area contributed by atoms with Gasteiger partial charge in [0.25, 0.3) is 0 Å². The molecule has 4 N–H and O–H groups in total. The maximum atomic E-state index is 4.52. The summed E-state index contributed by atoms with van der Waals surface area (Å²) in [6.45, 7) is 1.94. The van der Waals surface area contributed by atoms with E-state index in [9.17, 15) is 0 Å². The Morgan fingerprint density at radius 3 is 1.36 bits per heavy atom. The minimum atomic E-state index is 0. The molecule has 2 heterocycles. The zero-order chi connectivity index (χ0) is 17.6. The molecule has 0 aliphatic rings. The van der Waals surface area contributed by atoms with Crippen LogP contribution in [-0.4, -0.2) is 30.1 Å². The van der Waals surface area contributed by atoms with Gasteiger partial charge in [0, 0.05) is 49.0 Å². The highest BCUT2D eigenvalue weighted by molar-refractivity contribution is 5.55. The van der Waals surface area contributed by atoms with Crippen LogP contribution in [0.2, 0.25) is 0 Å². The van der Waals surface area contributed by atoms with Crippen LogP contribution in [0.3, 0.4) is 0 Å². The van der Waals surface area contributed by atoms with Gasteiger partial charge < -0.3 is 20.1 Å². The van der Waals surface area contributed by atoms with Crippen LogP contribution in [0.5, 0.6) is 0 Å². The molecule has 0 aliphatic heterocycles. The topological polar surface area (TPSA) is 98.6 Å². The monoisotopic (exact) mass is 378 g/mol. The van der Waals surface area contributed by atoms with Crippen molar-refractivity contribution in [3.8, 4) is 22.8 Å². The number of benzene rings is 2. The third-order valence-electron chi connectivity index (χ3n) is 4.54. The number of imidazole rings is 2. The summed E-state index contributed by atoms with van der Waals surface area (Å²) in [6, 6.07) is 20.7. The molecule has 0 unspecified atom stereocenters. The van der Waals surface area contributed by atoms with E-state index < -0.39 is 0 Å². The summed E-state index contributed by atoms with van der Waals surface area (Å²) in [6.07, 6.45) is 10.1. The molecule has 0 saturated heterocycles. The summed E-state index contributed by atoms with van der Waals surface area (Å²) in [5.74, 6) is 2.08. The fourth-order valence-electron chi connectivity index (χ4n) is 3.24. The van der Waals surface area contributed by atoms with Gasteiger partial charge in [0.2, 0.25) is 0 Å². The molecule has 6 heteroatoms. The van der Waals surface area contributed by atoms with Crippen molar-refractivity contribution in [2.24, 2.45) is 0 Å². The van der Waals surface area contributed by atoms with Gasteiger partial charge in [-0.15, -0.1) is 0 Å². The molecule has 0 spiro atoms. The molecule has 4 rings (SSSR count). The van der Waals surface area contributed by atoms with E-state index in [4.69, 9.17) is 0 Å². The number of aryl methyl sites for hydroxylation is 2. The maximum absolute atomic E-state index is 4.52. The highest BCUT2D eigenvalue weighted by Gasteiger charge is 2.07. The average Bonchev–Trinajstić information content (AvgIpc) is 3.36. The van der Waals surface area contributed by atoms with E-state index >= 15 is 0 Å². The molecule has 6 nitrogen and oxygen atoms in total. The first-order valence-electron chi connectivity index (χ1n) is 9.05. The van der Waals surface area contributed by atoms with E-state index in [1.165, 1.54) is 11.1 Å². The van der Waals surface area contributed by atoms with Gasteiger partial charge in [-0.1, -0.05) is 60.7 Å². The van der Waals surface area contributed by atoms with E-state index in [-0.39, 0.29) is 11.0 Å². The van der Waals surface area contributed by atoms with Crippen molar-refractivity contribution >= 4 is 0 Å². The number of rotatable bonds is 7. The van der Waals surface area contributed by atoms with Crippen molar-refractivity contribution < 1.29 is 11.0 Å². The molecule has 0 amide bonds. The van der Waals surface area contributed by atoms with Crippen LogP contribution >= 0.6 is 0 Å². The predicted molar refractivity (Wildman–Crippen MR) is 112 cm³/mol. The normalized spacial score (nSPS) is 10.1. The third-order valence-corrected chi connectivity index (χ3v) is 4.54. The van der Waals surface area contributed by atoms with Crippen LogP contribution in [0, 0.1) is 0 Å². The van der Waals surface area contributed by atoms with Crippen LogP contribution in [0.4, 0.5) is 0 Å². The Morgan fingerprint density at radius 2 is 0.964 bits per heavy atom. The lowest BCUT2D eigenvalue weighted by atomic mass is 10.2. The molecular formula is C22H26N4O2. The summed E-state index contributed by atoms with van der Waals surface area (Å²) in [7, 11) is 0. The summed E-state index contributed by atoms with van der Waals surface area (Å²) < 4.78 is 4.47. The van der Waals surface area contributed by atoms with Crippen LogP contribution < -0.4 is 0 Å². The lowest BCUT2D eigenvalue weighted by Gasteiger charge is -2.10. The van der Waals surface area contributed by atoms with Crippen molar-refractivity contribution in [1.29, 1.82) is 0 Å². The molecule has 0 fully saturated rings. The Kier molecular flexibility index (Phi) is 7.68. The molecule has 0 saturated carbocycles. The van der Waals surface area contributed by atoms with Crippen LogP contribution in [-0.2, 0) is 13.1 Å². The standard InChI is InChI=1S/C22H22N4.2H2O/c1-3-9-19(10-4-1)21-23-13-17-25(21)15-7-8-16-26-18-14-24-22(26)20-11-5-2-6-12-20;;/h1-6,9-14,17-18H,7-8,15-16H2;2*1H2. The van der Waals surface area contributed by atoms with Crippen molar-refractivity contribution in [2.45, 2.75) is 25.9 Å². The number of nitrogens with zero attached hydrogens (tertiary/aromatic N) is 4. The van der Waals surface area contributed by atoms with Gasteiger partial charge in [-0.2, -0.15) is 0 Å². The second kappa shape index (κ2) is 10.2. The lowest BCUT2D eigenvalue weighted by molar-refractivity contribution is 0.558. The highest BCUT2D eigenvalue weighted by Crippen LogP contribution is 2.19. The quantitative estimate of drug-likeness (QED) is 0.461. The molecule has 146 valence electrons. The number of unbranched alkanes of at least 4 members (excludes halogenated alkanes) is 1. The highest BCUT2D eigenvalue weighted by atomic mass is 16.0. The first kappa shape index (κ1) is 21.1. The Labute approximate surface area is 164 Å². The largest absolute Gasteiger partial charge is 0.412 e. The maximum Gasteiger partial charge on any atom is 0.139 e. The second-order valence-corrected chi connectivity index (χ2v) is 6.33. The Hall–Kier alpha value is -3.22. The van der Waals surface area contributed by atoms with Crippen molar-refractivity contribution in [3.63, 3.8) is 0 Å². The minimum Gasteiger partial charge on any atom is -0.412 e. The first-order valence-corrected chi connectivity index (χ1v) is 9.05.